The molecule has 1 unspecified atom stereocenters. The van der Waals surface area contributed by atoms with Crippen molar-refractivity contribution in [3.63, 3.8) is 0 Å². The molecule has 0 spiro atoms. The quantitative estimate of drug-likeness (QED) is 0.130. The largest absolute Gasteiger partial charge is 0.0991 e. The van der Waals surface area contributed by atoms with Crippen LogP contribution >= 0.6 is 0 Å². The number of fused-ring (bicyclic) bond motifs is 1. The van der Waals surface area contributed by atoms with Crippen LogP contribution in [-0.2, 0) is 5.41 Å². The van der Waals surface area contributed by atoms with Crippen LogP contribution in [0.4, 0.5) is 0 Å². The van der Waals surface area contributed by atoms with Crippen molar-refractivity contribution in [1.29, 1.82) is 0 Å². The van der Waals surface area contributed by atoms with Crippen molar-refractivity contribution in [3.8, 4) is 0 Å². The fraction of sp³-hybridized carbons (Fsp3) is 0.132. The highest BCUT2D eigenvalue weighted by Crippen LogP contribution is 2.58. The normalized spacial score (nSPS) is 18.8. The van der Waals surface area contributed by atoms with Crippen LogP contribution < -0.4 is 0 Å². The molecule has 1 aliphatic carbocycles. The van der Waals surface area contributed by atoms with E-state index in [4.69, 9.17) is 0 Å². The van der Waals surface area contributed by atoms with Crippen LogP contribution in [-0.4, -0.2) is 0 Å². The lowest BCUT2D eigenvalue weighted by molar-refractivity contribution is 0.772. The van der Waals surface area contributed by atoms with Crippen LogP contribution in [0, 0.1) is 0 Å². The van der Waals surface area contributed by atoms with Crippen molar-refractivity contribution < 1.29 is 0 Å². The van der Waals surface area contributed by atoms with E-state index in [1.165, 1.54) is 66.8 Å². The van der Waals surface area contributed by atoms with Crippen LogP contribution in [0.1, 0.15) is 80.5 Å². The van der Waals surface area contributed by atoms with E-state index < -0.39 is 5.41 Å². The smallest absolute Gasteiger partial charge is 0.0713 e. The van der Waals surface area contributed by atoms with Gasteiger partial charge in [0.05, 0.1) is 5.41 Å². The molecule has 4 aromatic carbocycles. The van der Waals surface area contributed by atoms with Crippen LogP contribution in [0.3, 0.4) is 0 Å². The van der Waals surface area contributed by atoms with Crippen LogP contribution in [0.2, 0.25) is 0 Å². The van der Waals surface area contributed by atoms with Gasteiger partial charge in [0.15, 0.2) is 0 Å². The van der Waals surface area contributed by atoms with Crippen molar-refractivity contribution in [3.05, 3.63) is 244 Å². The van der Waals surface area contributed by atoms with Gasteiger partial charge in [0, 0.05) is 0 Å². The number of hydrogen-bond donors (Lipinski definition) is 0. The number of benzene rings is 4. The van der Waals surface area contributed by atoms with Gasteiger partial charge in [-0.05, 0) is 120 Å². The second-order valence-corrected chi connectivity index (χ2v) is 13.3. The highest BCUT2D eigenvalue weighted by atomic mass is 14.5. The Morgan fingerprint density at radius 3 is 2.06 bits per heavy atom. The molecule has 0 bridgehead atoms. The van der Waals surface area contributed by atoms with Gasteiger partial charge in [0.2, 0.25) is 0 Å². The summed E-state index contributed by atoms with van der Waals surface area (Å²) in [7, 11) is 0. The standard InChI is InChI=1S/C53H52/c1-8-12-14-15-17-26-45-27-20-21-31-48(45)42(7)40(5)38-41(6)44-36-34-43(35-37-44)39-52-50(30-13-9-2)49-32-22-23-33-51(49)53(52,46(24-10-3)25-11-4)47-28-18-16-19-29-47/h8-39H,3H2,1-2,4-7H3/b12-8+,13-9+,15-14-,25-11-,26-17-,41-38+,42-40+,46-24+,50-30-,52-39?. The molecule has 0 heterocycles. The Kier molecular flexibility index (Phi) is 13.3. The summed E-state index contributed by atoms with van der Waals surface area (Å²) in [5.41, 5.74) is 15.4. The van der Waals surface area contributed by atoms with E-state index in [2.05, 4.69) is 211 Å². The monoisotopic (exact) mass is 688 g/mol. The third-order valence-corrected chi connectivity index (χ3v) is 9.92. The van der Waals surface area contributed by atoms with Crippen molar-refractivity contribution in [2.24, 2.45) is 0 Å². The van der Waals surface area contributed by atoms with E-state index >= 15 is 0 Å². The summed E-state index contributed by atoms with van der Waals surface area (Å²) in [6.45, 7) is 17.0. The maximum Gasteiger partial charge on any atom is 0.0713 e. The van der Waals surface area contributed by atoms with Gasteiger partial charge < -0.3 is 0 Å². The molecule has 4 aromatic rings. The zero-order valence-corrected chi connectivity index (χ0v) is 32.2. The van der Waals surface area contributed by atoms with Gasteiger partial charge in [-0.1, -0.05) is 195 Å². The Morgan fingerprint density at radius 1 is 0.660 bits per heavy atom. The summed E-state index contributed by atoms with van der Waals surface area (Å²) in [6.07, 6.45) is 32.1. The Hall–Kier alpha value is -5.98. The second kappa shape index (κ2) is 18.5. The Balaban J connectivity index is 1.61. The van der Waals surface area contributed by atoms with Crippen molar-refractivity contribution in [2.75, 3.05) is 0 Å². The Labute approximate surface area is 319 Å². The maximum absolute atomic E-state index is 4.14. The predicted octanol–water partition coefficient (Wildman–Crippen LogP) is 14.8. The number of rotatable bonds is 12. The summed E-state index contributed by atoms with van der Waals surface area (Å²) in [4.78, 5) is 0. The van der Waals surface area contributed by atoms with E-state index in [0.29, 0.717) is 0 Å². The van der Waals surface area contributed by atoms with Gasteiger partial charge in [0.25, 0.3) is 0 Å². The van der Waals surface area contributed by atoms with E-state index in [0.717, 1.165) is 5.56 Å². The first kappa shape index (κ1) is 38.3. The molecule has 264 valence electrons. The van der Waals surface area contributed by atoms with E-state index in [1.54, 1.807) is 0 Å². The molecule has 0 nitrogen and oxygen atoms in total. The van der Waals surface area contributed by atoms with Crippen LogP contribution in [0.25, 0.3) is 28.9 Å². The molecule has 0 saturated carbocycles. The summed E-state index contributed by atoms with van der Waals surface area (Å²) >= 11 is 0. The summed E-state index contributed by atoms with van der Waals surface area (Å²) in [6, 6.07) is 37.4. The number of hydrogen-bond acceptors (Lipinski definition) is 0. The lowest BCUT2D eigenvalue weighted by Gasteiger charge is -2.35. The van der Waals surface area contributed by atoms with Crippen LogP contribution in [0.5, 0.6) is 0 Å². The number of allylic oxidation sites excluding steroid dienone is 19. The lowest BCUT2D eigenvalue weighted by atomic mass is 9.66. The molecule has 0 saturated heterocycles. The van der Waals surface area contributed by atoms with E-state index in [-0.39, 0.29) is 0 Å². The van der Waals surface area contributed by atoms with Crippen LogP contribution in [0.15, 0.2) is 205 Å². The minimum absolute atomic E-state index is 0.534. The van der Waals surface area contributed by atoms with Crippen molar-refractivity contribution in [2.45, 2.75) is 47.0 Å². The zero-order valence-electron chi connectivity index (χ0n) is 32.2. The molecule has 1 aliphatic rings. The first-order valence-electron chi connectivity index (χ1n) is 18.6. The Morgan fingerprint density at radius 2 is 1.34 bits per heavy atom. The topological polar surface area (TPSA) is 0 Å². The zero-order chi connectivity index (χ0) is 37.6. The molecule has 0 radical (unpaired) electrons. The SMILES string of the molecule is C=C/C=C(\C=C/C)C1(c2ccccc2)C(=Cc2ccc(/C(C)=C/C(C)=C(\C)c3ccccc3\C=C/C=C\C=C\C)cc2)/C(=C\C=C\C)c2ccccc21. The molecule has 5 rings (SSSR count). The molecule has 53 heavy (non-hydrogen) atoms. The summed E-state index contributed by atoms with van der Waals surface area (Å²) < 4.78 is 0. The fourth-order valence-electron chi connectivity index (χ4n) is 7.30. The van der Waals surface area contributed by atoms with Gasteiger partial charge >= 0.3 is 0 Å². The summed E-state index contributed by atoms with van der Waals surface area (Å²) in [5, 5.41) is 0. The highest BCUT2D eigenvalue weighted by Gasteiger charge is 2.48. The average Bonchev–Trinajstić information content (AvgIpc) is 3.46. The van der Waals surface area contributed by atoms with Gasteiger partial charge in [-0.25, -0.2) is 0 Å². The fourth-order valence-corrected chi connectivity index (χ4v) is 7.30. The van der Waals surface area contributed by atoms with Gasteiger partial charge in [-0.2, -0.15) is 0 Å². The molecule has 0 fully saturated rings. The molecule has 0 N–H and O–H groups in total. The molecular weight excluding hydrogens is 637 g/mol. The van der Waals surface area contributed by atoms with Crippen molar-refractivity contribution >= 4 is 28.9 Å². The molecule has 0 amide bonds. The third kappa shape index (κ3) is 8.40. The van der Waals surface area contributed by atoms with Crippen molar-refractivity contribution in [1.82, 2.24) is 0 Å². The van der Waals surface area contributed by atoms with Gasteiger partial charge in [0.1, 0.15) is 0 Å². The lowest BCUT2D eigenvalue weighted by Crippen LogP contribution is -2.29. The molecule has 0 aromatic heterocycles. The van der Waals surface area contributed by atoms with E-state index in [1.807, 2.05) is 31.2 Å². The maximum atomic E-state index is 4.14. The summed E-state index contributed by atoms with van der Waals surface area (Å²) in [5.74, 6) is 0. The first-order chi connectivity index (χ1) is 25.9. The first-order valence-corrected chi connectivity index (χ1v) is 18.6. The average molecular weight is 689 g/mol. The molecule has 0 heteroatoms. The van der Waals surface area contributed by atoms with Gasteiger partial charge in [-0.3, -0.25) is 0 Å². The van der Waals surface area contributed by atoms with E-state index in [9.17, 15) is 0 Å². The van der Waals surface area contributed by atoms with Gasteiger partial charge in [-0.15, -0.1) is 0 Å². The minimum Gasteiger partial charge on any atom is -0.0991 e. The second-order valence-electron chi connectivity index (χ2n) is 13.3. The molecule has 1 atom stereocenters. The third-order valence-electron chi connectivity index (χ3n) is 9.92. The molecular formula is C53H52. The molecule has 0 aliphatic heterocycles. The minimum atomic E-state index is -0.534. The Bertz CT molecular complexity index is 2210. The predicted molar refractivity (Wildman–Crippen MR) is 235 cm³/mol. The highest BCUT2D eigenvalue weighted by molar-refractivity contribution is 5.98.